The van der Waals surface area contributed by atoms with Crippen LogP contribution in [0.5, 0.6) is 0 Å². The van der Waals surface area contributed by atoms with E-state index in [1.54, 1.807) is 6.20 Å². The van der Waals surface area contributed by atoms with E-state index in [0.717, 1.165) is 18.7 Å². The summed E-state index contributed by atoms with van der Waals surface area (Å²) in [6.07, 6.45) is 9.19. The van der Waals surface area contributed by atoms with Gasteiger partial charge in [0.1, 0.15) is 5.82 Å². The second kappa shape index (κ2) is 5.96. The third kappa shape index (κ3) is 3.16. The third-order valence-corrected chi connectivity index (χ3v) is 3.50. The van der Waals surface area contributed by atoms with Gasteiger partial charge in [0.05, 0.1) is 0 Å². The lowest BCUT2D eigenvalue weighted by Gasteiger charge is -2.13. The molecule has 0 aliphatic heterocycles. The predicted octanol–water partition coefficient (Wildman–Crippen LogP) is 1.93. The van der Waals surface area contributed by atoms with Gasteiger partial charge in [0.25, 0.3) is 5.56 Å². The highest BCUT2D eigenvalue weighted by molar-refractivity contribution is 5.08. The molecule has 0 bridgehead atoms. The largest absolute Gasteiger partial charge is 0.315 e. The molecule has 0 radical (unpaired) electrons. The van der Waals surface area contributed by atoms with E-state index in [9.17, 15) is 4.79 Å². The van der Waals surface area contributed by atoms with Gasteiger partial charge in [-0.1, -0.05) is 25.7 Å². The number of rotatable bonds is 3. The first-order chi connectivity index (χ1) is 8.31. The van der Waals surface area contributed by atoms with Gasteiger partial charge >= 0.3 is 0 Å². The summed E-state index contributed by atoms with van der Waals surface area (Å²) in [6.45, 7) is 0.577. The summed E-state index contributed by atoms with van der Waals surface area (Å²) in [5, 5.41) is 2.97. The van der Waals surface area contributed by atoms with Crippen LogP contribution in [0.4, 0.5) is 0 Å². The minimum absolute atomic E-state index is 0.00796. The van der Waals surface area contributed by atoms with E-state index in [0.29, 0.717) is 18.0 Å². The van der Waals surface area contributed by atoms with E-state index in [2.05, 4.69) is 15.3 Å². The molecule has 0 unspecified atom stereocenters. The van der Waals surface area contributed by atoms with E-state index >= 15 is 0 Å². The Morgan fingerprint density at radius 1 is 1.35 bits per heavy atom. The fourth-order valence-electron chi connectivity index (χ4n) is 2.51. The molecule has 17 heavy (non-hydrogen) atoms. The lowest BCUT2D eigenvalue weighted by atomic mass is 9.99. The summed E-state index contributed by atoms with van der Waals surface area (Å²) in [4.78, 5) is 19.2. The molecule has 94 valence electrons. The van der Waals surface area contributed by atoms with Crippen molar-refractivity contribution in [3.05, 3.63) is 27.9 Å². The van der Waals surface area contributed by atoms with Gasteiger partial charge in [-0.05, 0) is 19.9 Å². The Labute approximate surface area is 102 Å². The van der Waals surface area contributed by atoms with Crippen LogP contribution in [0.3, 0.4) is 0 Å². The Balaban J connectivity index is 2.15. The first kappa shape index (κ1) is 12.3. The molecule has 1 fully saturated rings. The molecule has 1 saturated carbocycles. The molecule has 1 heterocycles. The standard InChI is InChI=1S/C13H21N3O/c1-14-8-11-9-15-12(16-13(11)17)10-6-4-2-3-5-7-10/h9-10,14H,2-8H2,1H3,(H,15,16,17). The van der Waals surface area contributed by atoms with Crippen LogP contribution in [0.15, 0.2) is 11.0 Å². The number of hydrogen-bond acceptors (Lipinski definition) is 3. The maximum atomic E-state index is 11.8. The SMILES string of the molecule is CNCc1cnc(C2CCCCCC2)[nH]c1=O. The van der Waals surface area contributed by atoms with E-state index in [1.165, 1.54) is 25.7 Å². The maximum Gasteiger partial charge on any atom is 0.255 e. The molecule has 4 heteroatoms. The Kier molecular flexibility index (Phi) is 4.31. The van der Waals surface area contributed by atoms with Crippen LogP contribution in [0.25, 0.3) is 0 Å². The molecule has 2 rings (SSSR count). The second-order valence-electron chi connectivity index (χ2n) is 4.84. The van der Waals surface area contributed by atoms with Crippen molar-refractivity contribution in [3.8, 4) is 0 Å². The first-order valence-corrected chi connectivity index (χ1v) is 6.54. The molecule has 1 aliphatic rings. The van der Waals surface area contributed by atoms with Crippen LogP contribution >= 0.6 is 0 Å². The number of aromatic amines is 1. The average Bonchev–Trinajstić information content (AvgIpc) is 2.60. The topological polar surface area (TPSA) is 57.8 Å². The molecule has 0 aromatic carbocycles. The van der Waals surface area contributed by atoms with Crippen LogP contribution in [0.2, 0.25) is 0 Å². The normalized spacial score (nSPS) is 17.9. The molecule has 1 aromatic heterocycles. The monoisotopic (exact) mass is 235 g/mol. The molecule has 0 saturated heterocycles. The number of aromatic nitrogens is 2. The van der Waals surface area contributed by atoms with Crippen molar-refractivity contribution in [1.82, 2.24) is 15.3 Å². The fourth-order valence-corrected chi connectivity index (χ4v) is 2.51. The zero-order valence-corrected chi connectivity index (χ0v) is 10.5. The van der Waals surface area contributed by atoms with Crippen molar-refractivity contribution in [2.45, 2.75) is 51.0 Å². The highest BCUT2D eigenvalue weighted by Gasteiger charge is 2.16. The maximum absolute atomic E-state index is 11.8. The second-order valence-corrected chi connectivity index (χ2v) is 4.84. The highest BCUT2D eigenvalue weighted by atomic mass is 16.1. The Bertz CT molecular complexity index is 405. The van der Waals surface area contributed by atoms with Crippen LogP contribution < -0.4 is 10.9 Å². The smallest absolute Gasteiger partial charge is 0.255 e. The third-order valence-electron chi connectivity index (χ3n) is 3.50. The highest BCUT2D eigenvalue weighted by Crippen LogP contribution is 2.28. The summed E-state index contributed by atoms with van der Waals surface area (Å²) in [7, 11) is 1.83. The Hall–Kier alpha value is -1.16. The van der Waals surface area contributed by atoms with Gasteiger partial charge in [0, 0.05) is 24.2 Å². The molecular weight excluding hydrogens is 214 g/mol. The molecule has 1 aliphatic carbocycles. The van der Waals surface area contributed by atoms with Crippen LogP contribution in [-0.4, -0.2) is 17.0 Å². The van der Waals surface area contributed by atoms with E-state index in [-0.39, 0.29) is 5.56 Å². The van der Waals surface area contributed by atoms with Crippen molar-refractivity contribution in [3.63, 3.8) is 0 Å². The van der Waals surface area contributed by atoms with Crippen LogP contribution in [0.1, 0.15) is 55.8 Å². The van der Waals surface area contributed by atoms with Gasteiger partial charge in [-0.25, -0.2) is 4.98 Å². The lowest BCUT2D eigenvalue weighted by molar-refractivity contribution is 0.556. The Morgan fingerprint density at radius 2 is 2.06 bits per heavy atom. The van der Waals surface area contributed by atoms with Crippen molar-refractivity contribution in [2.24, 2.45) is 0 Å². The first-order valence-electron chi connectivity index (χ1n) is 6.54. The predicted molar refractivity (Wildman–Crippen MR) is 68.1 cm³/mol. The van der Waals surface area contributed by atoms with Gasteiger partial charge < -0.3 is 10.3 Å². The summed E-state index contributed by atoms with van der Waals surface area (Å²) >= 11 is 0. The van der Waals surface area contributed by atoms with Crippen LogP contribution in [-0.2, 0) is 6.54 Å². The van der Waals surface area contributed by atoms with E-state index < -0.39 is 0 Å². The zero-order chi connectivity index (χ0) is 12.1. The van der Waals surface area contributed by atoms with Gasteiger partial charge in [-0.2, -0.15) is 0 Å². The molecule has 0 amide bonds. The van der Waals surface area contributed by atoms with Crippen LogP contribution in [0, 0.1) is 0 Å². The molecule has 4 nitrogen and oxygen atoms in total. The molecule has 0 atom stereocenters. The lowest BCUT2D eigenvalue weighted by Crippen LogP contribution is -2.21. The summed E-state index contributed by atoms with van der Waals surface area (Å²) in [6, 6.07) is 0. The minimum Gasteiger partial charge on any atom is -0.315 e. The molecular formula is C13H21N3O. The van der Waals surface area contributed by atoms with E-state index in [4.69, 9.17) is 0 Å². The van der Waals surface area contributed by atoms with Crippen molar-refractivity contribution >= 4 is 0 Å². The number of nitrogens with zero attached hydrogens (tertiary/aromatic N) is 1. The quantitative estimate of drug-likeness (QED) is 0.787. The van der Waals surface area contributed by atoms with Gasteiger partial charge in [0.15, 0.2) is 0 Å². The van der Waals surface area contributed by atoms with Gasteiger partial charge in [-0.15, -0.1) is 0 Å². The number of hydrogen-bond donors (Lipinski definition) is 2. The van der Waals surface area contributed by atoms with E-state index in [1.807, 2.05) is 7.05 Å². The van der Waals surface area contributed by atoms with Gasteiger partial charge in [-0.3, -0.25) is 4.79 Å². The molecule has 1 aromatic rings. The number of H-pyrrole nitrogens is 1. The van der Waals surface area contributed by atoms with Crippen molar-refractivity contribution in [2.75, 3.05) is 7.05 Å². The van der Waals surface area contributed by atoms with Crippen molar-refractivity contribution < 1.29 is 0 Å². The fraction of sp³-hybridized carbons (Fsp3) is 0.692. The number of nitrogens with one attached hydrogen (secondary N) is 2. The Morgan fingerprint density at radius 3 is 2.65 bits per heavy atom. The zero-order valence-electron chi connectivity index (χ0n) is 10.5. The minimum atomic E-state index is 0.00796. The molecule has 2 N–H and O–H groups in total. The summed E-state index contributed by atoms with van der Waals surface area (Å²) in [5.41, 5.74) is 0.721. The van der Waals surface area contributed by atoms with Crippen molar-refractivity contribution in [1.29, 1.82) is 0 Å². The van der Waals surface area contributed by atoms with Gasteiger partial charge in [0.2, 0.25) is 0 Å². The average molecular weight is 235 g/mol. The summed E-state index contributed by atoms with van der Waals surface area (Å²) in [5.74, 6) is 1.34. The molecule has 0 spiro atoms. The summed E-state index contributed by atoms with van der Waals surface area (Å²) < 4.78 is 0.